The number of nitrogens with one attached hydrogen (secondary N) is 1. The minimum Gasteiger partial charge on any atom is -0.330 e. The van der Waals surface area contributed by atoms with E-state index in [1.54, 1.807) is 0 Å². The first kappa shape index (κ1) is 11.1. The van der Waals surface area contributed by atoms with E-state index in [9.17, 15) is 9.59 Å². The van der Waals surface area contributed by atoms with E-state index in [4.69, 9.17) is 5.73 Å². The molecular weight excluding hydrogens is 226 g/mol. The lowest BCUT2D eigenvalue weighted by atomic mass is 9.93. The van der Waals surface area contributed by atoms with Crippen molar-refractivity contribution in [3.8, 4) is 0 Å². The van der Waals surface area contributed by atoms with Gasteiger partial charge in [-0.1, -0.05) is 6.07 Å². The molecule has 0 radical (unpaired) electrons. The van der Waals surface area contributed by atoms with Crippen LogP contribution in [0.2, 0.25) is 0 Å². The van der Waals surface area contributed by atoms with Crippen LogP contribution >= 0.6 is 11.3 Å². The second-order valence-corrected chi connectivity index (χ2v) is 4.66. The standard InChI is InChI=1S/C10H13N3O2S/c1-13-8(14)10(4-5-11,12-9(13)15)7-3-2-6-16-7/h2-3,6H,4-5,11H2,1H3,(H,12,15). The van der Waals surface area contributed by atoms with Gasteiger partial charge < -0.3 is 11.1 Å². The molecule has 1 aromatic heterocycles. The van der Waals surface area contributed by atoms with E-state index in [0.29, 0.717) is 13.0 Å². The molecular formula is C10H13N3O2S. The van der Waals surface area contributed by atoms with E-state index < -0.39 is 5.54 Å². The molecule has 0 aromatic carbocycles. The fourth-order valence-corrected chi connectivity index (χ4v) is 2.80. The molecule has 1 aliphatic heterocycles. The molecule has 0 saturated carbocycles. The molecule has 1 aliphatic rings. The number of thiophene rings is 1. The first-order valence-corrected chi connectivity index (χ1v) is 5.84. The zero-order chi connectivity index (χ0) is 11.8. The van der Waals surface area contributed by atoms with Crippen molar-refractivity contribution in [2.45, 2.75) is 12.0 Å². The molecule has 6 heteroatoms. The summed E-state index contributed by atoms with van der Waals surface area (Å²) in [7, 11) is 1.48. The third-order valence-corrected chi connectivity index (χ3v) is 3.79. The summed E-state index contributed by atoms with van der Waals surface area (Å²) >= 11 is 1.45. The van der Waals surface area contributed by atoms with Gasteiger partial charge in [0.05, 0.1) is 0 Å². The number of amides is 3. The average Bonchev–Trinajstić information content (AvgIpc) is 2.85. The van der Waals surface area contributed by atoms with Crippen LogP contribution < -0.4 is 11.1 Å². The fourth-order valence-electron chi connectivity index (χ4n) is 1.90. The van der Waals surface area contributed by atoms with Crippen LogP contribution in [0.15, 0.2) is 17.5 Å². The van der Waals surface area contributed by atoms with Gasteiger partial charge in [-0.25, -0.2) is 4.79 Å². The molecule has 2 heterocycles. The van der Waals surface area contributed by atoms with Crippen LogP contribution in [0.25, 0.3) is 0 Å². The molecule has 3 amide bonds. The fraction of sp³-hybridized carbons (Fsp3) is 0.400. The van der Waals surface area contributed by atoms with Crippen LogP contribution in [-0.4, -0.2) is 30.4 Å². The lowest BCUT2D eigenvalue weighted by Gasteiger charge is -2.24. The Morgan fingerprint density at radius 1 is 1.56 bits per heavy atom. The van der Waals surface area contributed by atoms with Crippen molar-refractivity contribution in [3.05, 3.63) is 22.4 Å². The molecule has 1 atom stereocenters. The highest BCUT2D eigenvalue weighted by molar-refractivity contribution is 7.10. The first-order valence-electron chi connectivity index (χ1n) is 4.96. The first-order chi connectivity index (χ1) is 7.62. The Morgan fingerprint density at radius 2 is 2.31 bits per heavy atom. The van der Waals surface area contributed by atoms with Gasteiger partial charge in [-0.15, -0.1) is 11.3 Å². The van der Waals surface area contributed by atoms with Crippen LogP contribution in [0.3, 0.4) is 0 Å². The molecule has 3 N–H and O–H groups in total. The van der Waals surface area contributed by atoms with E-state index in [2.05, 4.69) is 5.32 Å². The Bertz CT molecular complexity index is 418. The third kappa shape index (κ3) is 1.42. The zero-order valence-corrected chi connectivity index (χ0v) is 9.71. The normalized spacial score (nSPS) is 25.0. The number of hydrogen-bond donors (Lipinski definition) is 2. The van der Waals surface area contributed by atoms with Gasteiger partial charge in [0.25, 0.3) is 5.91 Å². The Labute approximate surface area is 97.2 Å². The van der Waals surface area contributed by atoms with Crippen LogP contribution in [0.4, 0.5) is 4.79 Å². The van der Waals surface area contributed by atoms with E-state index >= 15 is 0 Å². The molecule has 0 aliphatic carbocycles. The van der Waals surface area contributed by atoms with Crippen molar-refractivity contribution in [1.82, 2.24) is 10.2 Å². The van der Waals surface area contributed by atoms with Gasteiger partial charge in [-0.3, -0.25) is 9.69 Å². The Balaban J connectivity index is 2.45. The minimum atomic E-state index is -0.950. The van der Waals surface area contributed by atoms with Gasteiger partial charge in [-0.2, -0.15) is 0 Å². The van der Waals surface area contributed by atoms with E-state index in [1.165, 1.54) is 18.4 Å². The molecule has 1 saturated heterocycles. The lowest BCUT2D eigenvalue weighted by Crippen LogP contribution is -2.44. The number of likely N-dealkylation sites (N-methyl/N-ethyl adjacent to an activating group) is 1. The number of imide groups is 1. The Kier molecular flexibility index (Phi) is 2.69. The topological polar surface area (TPSA) is 75.4 Å². The van der Waals surface area contributed by atoms with Crippen LogP contribution in [0.5, 0.6) is 0 Å². The summed E-state index contributed by atoms with van der Waals surface area (Å²) in [5, 5.41) is 4.62. The monoisotopic (exact) mass is 239 g/mol. The Morgan fingerprint density at radius 3 is 2.75 bits per heavy atom. The second kappa shape index (κ2) is 3.88. The molecule has 0 bridgehead atoms. The molecule has 2 rings (SSSR count). The quantitative estimate of drug-likeness (QED) is 0.753. The number of nitrogens with two attached hydrogens (primary N) is 1. The van der Waals surface area contributed by atoms with Crippen molar-refractivity contribution in [2.75, 3.05) is 13.6 Å². The van der Waals surface area contributed by atoms with E-state index in [0.717, 1.165) is 9.78 Å². The van der Waals surface area contributed by atoms with Crippen LogP contribution in [-0.2, 0) is 10.3 Å². The summed E-state index contributed by atoms with van der Waals surface area (Å²) in [6.45, 7) is 0.345. The zero-order valence-electron chi connectivity index (χ0n) is 8.90. The molecule has 5 nitrogen and oxygen atoms in total. The highest BCUT2D eigenvalue weighted by Crippen LogP contribution is 2.34. The second-order valence-electron chi connectivity index (χ2n) is 3.72. The molecule has 1 aromatic rings. The van der Waals surface area contributed by atoms with Crippen LogP contribution in [0.1, 0.15) is 11.3 Å². The number of hydrogen-bond acceptors (Lipinski definition) is 4. The van der Waals surface area contributed by atoms with Gasteiger partial charge in [0, 0.05) is 11.9 Å². The Hall–Kier alpha value is -1.40. The van der Waals surface area contributed by atoms with Gasteiger partial charge in [-0.05, 0) is 24.4 Å². The molecule has 1 unspecified atom stereocenters. The van der Waals surface area contributed by atoms with Gasteiger partial charge in [0.2, 0.25) is 0 Å². The number of carbonyl (C=O) groups is 2. The van der Waals surface area contributed by atoms with Gasteiger partial charge in [0.15, 0.2) is 5.54 Å². The predicted molar refractivity (Wildman–Crippen MR) is 61.0 cm³/mol. The lowest BCUT2D eigenvalue weighted by molar-refractivity contribution is -0.130. The SMILES string of the molecule is CN1C(=O)NC(CCN)(c2cccs2)C1=O. The van der Waals surface area contributed by atoms with Crippen molar-refractivity contribution < 1.29 is 9.59 Å². The van der Waals surface area contributed by atoms with Crippen molar-refractivity contribution in [3.63, 3.8) is 0 Å². The summed E-state index contributed by atoms with van der Waals surface area (Å²) in [4.78, 5) is 25.6. The number of rotatable bonds is 3. The largest absolute Gasteiger partial charge is 0.330 e. The molecule has 1 fully saturated rings. The number of urea groups is 1. The van der Waals surface area contributed by atoms with E-state index in [1.807, 2.05) is 17.5 Å². The van der Waals surface area contributed by atoms with Gasteiger partial charge >= 0.3 is 6.03 Å². The number of nitrogens with zero attached hydrogens (tertiary/aromatic N) is 1. The number of carbonyl (C=O) groups excluding carboxylic acids is 2. The van der Waals surface area contributed by atoms with E-state index in [-0.39, 0.29) is 11.9 Å². The minimum absolute atomic E-state index is 0.231. The summed E-state index contributed by atoms with van der Waals surface area (Å²) in [5.41, 5.74) is 4.59. The van der Waals surface area contributed by atoms with Crippen molar-refractivity contribution in [1.29, 1.82) is 0 Å². The summed E-state index contributed by atoms with van der Waals surface area (Å²) < 4.78 is 0. The average molecular weight is 239 g/mol. The molecule has 0 spiro atoms. The maximum absolute atomic E-state index is 12.1. The summed E-state index contributed by atoms with van der Waals surface area (Å²) in [6, 6.07) is 3.33. The van der Waals surface area contributed by atoms with Crippen LogP contribution in [0, 0.1) is 0 Å². The van der Waals surface area contributed by atoms with Crippen molar-refractivity contribution >= 4 is 23.3 Å². The molecule has 16 heavy (non-hydrogen) atoms. The highest BCUT2D eigenvalue weighted by Gasteiger charge is 2.51. The maximum Gasteiger partial charge on any atom is 0.325 e. The van der Waals surface area contributed by atoms with Gasteiger partial charge in [0.1, 0.15) is 0 Å². The highest BCUT2D eigenvalue weighted by atomic mass is 32.1. The summed E-state index contributed by atoms with van der Waals surface area (Å²) in [5.74, 6) is -0.231. The smallest absolute Gasteiger partial charge is 0.325 e. The summed E-state index contributed by atoms with van der Waals surface area (Å²) in [6.07, 6.45) is 0.419. The maximum atomic E-state index is 12.1. The van der Waals surface area contributed by atoms with Crippen molar-refractivity contribution in [2.24, 2.45) is 5.73 Å². The predicted octanol–water partition coefficient (Wildman–Crippen LogP) is 0.474. The third-order valence-electron chi connectivity index (χ3n) is 2.76. The molecule has 86 valence electrons.